The number of methoxy groups -OCH3 is 1. The Morgan fingerprint density at radius 3 is 2.56 bits per heavy atom. The van der Waals surface area contributed by atoms with E-state index in [0.717, 1.165) is 21.3 Å². The van der Waals surface area contributed by atoms with Gasteiger partial charge >= 0.3 is 5.97 Å². The van der Waals surface area contributed by atoms with E-state index >= 15 is 0 Å². The van der Waals surface area contributed by atoms with Crippen LogP contribution in [0, 0.1) is 13.8 Å². The predicted octanol–water partition coefficient (Wildman–Crippen LogP) is 5.56. The maximum absolute atomic E-state index is 13.8. The molecule has 0 saturated heterocycles. The van der Waals surface area contributed by atoms with Gasteiger partial charge in [-0.15, -0.1) is 0 Å². The molecule has 178 valence electrons. The average Bonchev–Trinajstić information content (AvgIpc) is 3.43. The lowest BCUT2D eigenvalue weighted by atomic mass is 9.98. The van der Waals surface area contributed by atoms with Gasteiger partial charge in [-0.3, -0.25) is 14.5 Å². The third kappa shape index (κ3) is 3.25. The molecule has 0 bridgehead atoms. The van der Waals surface area contributed by atoms with E-state index in [-0.39, 0.29) is 16.8 Å². The second-order valence-electron chi connectivity index (χ2n) is 8.79. The number of nitrogens with zero attached hydrogens (tertiary/aromatic N) is 2. The standard InChI is InChI=1S/C28H20N2O5S/c1-14-12-15(2)22-20(13-14)36-28(29-22)30-23(16-8-10-17(11-9-16)27(33)34-3)21-24(31)18-6-4-5-7-19(18)35-25(21)26(30)32/h4-13,23H,1-3H3. The van der Waals surface area contributed by atoms with Gasteiger partial charge in [0.05, 0.1) is 39.9 Å². The van der Waals surface area contributed by atoms with Crippen LogP contribution in [0.2, 0.25) is 0 Å². The van der Waals surface area contributed by atoms with Crippen LogP contribution < -0.4 is 10.3 Å². The quantitative estimate of drug-likeness (QED) is 0.304. The molecule has 0 N–H and O–H groups in total. The Morgan fingerprint density at radius 1 is 1.06 bits per heavy atom. The molecule has 6 rings (SSSR count). The number of ether oxygens (including phenoxy) is 1. The van der Waals surface area contributed by atoms with Gasteiger partial charge in [-0.25, -0.2) is 9.78 Å². The molecule has 0 aliphatic carbocycles. The second-order valence-corrected chi connectivity index (χ2v) is 9.80. The number of fused-ring (bicyclic) bond motifs is 3. The van der Waals surface area contributed by atoms with E-state index in [1.807, 2.05) is 26.0 Å². The van der Waals surface area contributed by atoms with Gasteiger partial charge in [0.1, 0.15) is 5.58 Å². The molecule has 2 aromatic heterocycles. The topological polar surface area (TPSA) is 89.7 Å². The molecule has 7 nitrogen and oxygen atoms in total. The minimum Gasteiger partial charge on any atom is -0.465 e. The monoisotopic (exact) mass is 496 g/mol. The molecule has 0 radical (unpaired) electrons. The summed E-state index contributed by atoms with van der Waals surface area (Å²) in [7, 11) is 1.32. The number of para-hydroxylation sites is 1. The lowest BCUT2D eigenvalue weighted by Crippen LogP contribution is -2.29. The molecule has 0 saturated carbocycles. The Kier molecular flexibility index (Phi) is 5.01. The van der Waals surface area contributed by atoms with Gasteiger partial charge < -0.3 is 9.15 Å². The number of hydrogen-bond acceptors (Lipinski definition) is 7. The summed E-state index contributed by atoms with van der Waals surface area (Å²) < 4.78 is 11.8. The molecule has 5 aromatic rings. The number of hydrogen-bond donors (Lipinski definition) is 0. The summed E-state index contributed by atoms with van der Waals surface area (Å²) >= 11 is 1.39. The van der Waals surface area contributed by atoms with E-state index in [1.165, 1.54) is 23.3 Å². The van der Waals surface area contributed by atoms with E-state index in [2.05, 4.69) is 0 Å². The van der Waals surface area contributed by atoms with Crippen LogP contribution in [0.5, 0.6) is 0 Å². The predicted molar refractivity (Wildman–Crippen MR) is 138 cm³/mol. The Hall–Kier alpha value is -4.30. The van der Waals surface area contributed by atoms with Crippen molar-refractivity contribution in [1.82, 2.24) is 4.98 Å². The molecule has 3 heterocycles. The Balaban J connectivity index is 1.60. The van der Waals surface area contributed by atoms with E-state index in [9.17, 15) is 14.4 Å². The summed E-state index contributed by atoms with van der Waals surface area (Å²) in [6.07, 6.45) is 0. The van der Waals surface area contributed by atoms with Crippen molar-refractivity contribution in [3.05, 3.63) is 104 Å². The first kappa shape index (κ1) is 22.2. The van der Waals surface area contributed by atoms with Crippen LogP contribution in [-0.2, 0) is 4.74 Å². The smallest absolute Gasteiger partial charge is 0.337 e. The van der Waals surface area contributed by atoms with Crippen molar-refractivity contribution in [3.8, 4) is 0 Å². The Morgan fingerprint density at radius 2 is 1.81 bits per heavy atom. The first-order valence-electron chi connectivity index (χ1n) is 11.3. The highest BCUT2D eigenvalue weighted by Gasteiger charge is 2.45. The number of carbonyl (C=O) groups excluding carboxylic acids is 2. The summed E-state index contributed by atoms with van der Waals surface area (Å²) in [6.45, 7) is 4.00. The van der Waals surface area contributed by atoms with Crippen LogP contribution in [0.1, 0.15) is 49.2 Å². The summed E-state index contributed by atoms with van der Waals surface area (Å²) in [6, 6.07) is 16.9. The molecule has 36 heavy (non-hydrogen) atoms. The highest BCUT2D eigenvalue weighted by Crippen LogP contribution is 2.44. The molecule has 1 atom stereocenters. The van der Waals surface area contributed by atoms with Crippen LogP contribution in [0.4, 0.5) is 5.13 Å². The summed E-state index contributed by atoms with van der Waals surface area (Å²) in [5, 5.41) is 0.874. The van der Waals surface area contributed by atoms with Gasteiger partial charge in [0.15, 0.2) is 10.6 Å². The largest absolute Gasteiger partial charge is 0.465 e. The van der Waals surface area contributed by atoms with Gasteiger partial charge in [0.2, 0.25) is 5.76 Å². The van der Waals surface area contributed by atoms with Gasteiger partial charge in [-0.05, 0) is 60.9 Å². The highest BCUT2D eigenvalue weighted by molar-refractivity contribution is 7.22. The fraction of sp³-hybridized carbons (Fsp3) is 0.143. The zero-order valence-corrected chi connectivity index (χ0v) is 20.5. The summed E-state index contributed by atoms with van der Waals surface area (Å²) in [5.74, 6) is -0.889. The van der Waals surface area contributed by atoms with Gasteiger partial charge in [-0.1, -0.05) is 41.7 Å². The molecule has 1 amide bonds. The maximum Gasteiger partial charge on any atom is 0.337 e. The molecule has 1 aliphatic heterocycles. The lowest BCUT2D eigenvalue weighted by molar-refractivity contribution is 0.0600. The number of benzene rings is 3. The van der Waals surface area contributed by atoms with E-state index < -0.39 is 17.9 Å². The molecule has 8 heteroatoms. The Bertz CT molecular complexity index is 1770. The number of rotatable bonds is 3. The maximum atomic E-state index is 13.8. The number of thiazole rings is 1. The van der Waals surface area contributed by atoms with E-state index in [1.54, 1.807) is 48.5 Å². The molecule has 1 unspecified atom stereocenters. The SMILES string of the molecule is COC(=O)c1ccc(C2c3c(oc4ccccc4c3=O)C(=O)N2c2nc3c(C)cc(C)cc3s2)cc1. The first-order chi connectivity index (χ1) is 17.4. The fourth-order valence-corrected chi connectivity index (χ4v) is 5.98. The van der Waals surface area contributed by atoms with E-state index in [4.69, 9.17) is 14.1 Å². The van der Waals surface area contributed by atoms with Crippen molar-refractivity contribution >= 4 is 49.5 Å². The van der Waals surface area contributed by atoms with Crippen LogP contribution in [-0.4, -0.2) is 24.0 Å². The number of carbonyl (C=O) groups is 2. The molecular weight excluding hydrogens is 476 g/mol. The normalized spacial score (nSPS) is 15.0. The summed E-state index contributed by atoms with van der Waals surface area (Å²) in [5.41, 5.74) is 4.30. The molecule has 1 aliphatic rings. The zero-order chi connectivity index (χ0) is 25.1. The number of anilines is 1. The van der Waals surface area contributed by atoms with Crippen molar-refractivity contribution in [1.29, 1.82) is 0 Å². The minimum atomic E-state index is -0.762. The van der Waals surface area contributed by atoms with Gasteiger partial charge in [0, 0.05) is 0 Å². The van der Waals surface area contributed by atoms with Gasteiger partial charge in [-0.2, -0.15) is 0 Å². The molecule has 0 spiro atoms. The highest BCUT2D eigenvalue weighted by atomic mass is 32.1. The summed E-state index contributed by atoms with van der Waals surface area (Å²) in [4.78, 5) is 45.8. The number of amides is 1. The van der Waals surface area contributed by atoms with Crippen molar-refractivity contribution in [2.45, 2.75) is 19.9 Å². The van der Waals surface area contributed by atoms with Crippen molar-refractivity contribution in [2.75, 3.05) is 12.0 Å². The third-order valence-electron chi connectivity index (χ3n) is 6.45. The average molecular weight is 497 g/mol. The van der Waals surface area contributed by atoms with Gasteiger partial charge in [0.25, 0.3) is 5.91 Å². The first-order valence-corrected chi connectivity index (χ1v) is 12.1. The van der Waals surface area contributed by atoms with Crippen LogP contribution >= 0.6 is 11.3 Å². The van der Waals surface area contributed by atoms with Crippen molar-refractivity contribution in [3.63, 3.8) is 0 Å². The fourth-order valence-electron chi connectivity index (χ4n) is 4.81. The Labute approximate surface area is 209 Å². The number of aryl methyl sites for hydroxylation is 2. The third-order valence-corrected chi connectivity index (χ3v) is 7.45. The molecule has 0 fully saturated rings. The minimum absolute atomic E-state index is 0.00732. The van der Waals surface area contributed by atoms with Crippen LogP contribution in [0.3, 0.4) is 0 Å². The number of esters is 1. The number of aromatic nitrogens is 1. The van der Waals surface area contributed by atoms with Crippen LogP contribution in [0.25, 0.3) is 21.2 Å². The lowest BCUT2D eigenvalue weighted by Gasteiger charge is -2.22. The zero-order valence-electron chi connectivity index (χ0n) is 19.7. The molecule has 3 aromatic carbocycles. The van der Waals surface area contributed by atoms with Crippen molar-refractivity contribution < 1.29 is 18.7 Å². The molecular formula is C28H20N2O5S. The van der Waals surface area contributed by atoms with E-state index in [0.29, 0.717) is 27.2 Å². The second kappa shape index (κ2) is 8.13. The van der Waals surface area contributed by atoms with Crippen molar-refractivity contribution in [2.24, 2.45) is 0 Å². The van der Waals surface area contributed by atoms with Crippen LogP contribution in [0.15, 0.2) is 69.9 Å².